The number of rotatable bonds is 4. The maximum absolute atomic E-state index is 12.3. The summed E-state index contributed by atoms with van der Waals surface area (Å²) in [6.07, 6.45) is 5.56. The van der Waals surface area contributed by atoms with Gasteiger partial charge in [0, 0.05) is 6.04 Å². The highest BCUT2D eigenvalue weighted by Crippen LogP contribution is 2.48. The normalized spacial score (nSPS) is 32.7. The fourth-order valence-corrected chi connectivity index (χ4v) is 2.88. The van der Waals surface area contributed by atoms with Crippen LogP contribution in [0.1, 0.15) is 52.9 Å². The van der Waals surface area contributed by atoms with Crippen LogP contribution in [0, 0.1) is 5.41 Å². The third-order valence-corrected chi connectivity index (χ3v) is 4.16. The van der Waals surface area contributed by atoms with Crippen LogP contribution in [0.4, 0.5) is 0 Å². The summed E-state index contributed by atoms with van der Waals surface area (Å²) in [4.78, 5) is 12.3. The Morgan fingerprint density at radius 3 is 2.50 bits per heavy atom. The molecule has 16 heavy (non-hydrogen) atoms. The number of nitrogens with one attached hydrogen (secondary N) is 1. The largest absolute Gasteiger partial charge is 0.465 e. The predicted octanol–water partition coefficient (Wildman–Crippen LogP) is 2.25. The molecule has 92 valence electrons. The van der Waals surface area contributed by atoms with Crippen molar-refractivity contribution >= 4 is 5.97 Å². The summed E-state index contributed by atoms with van der Waals surface area (Å²) in [6.45, 7) is 6.73. The number of hydrogen-bond acceptors (Lipinski definition) is 3. The van der Waals surface area contributed by atoms with Crippen LogP contribution in [0.25, 0.3) is 0 Å². The van der Waals surface area contributed by atoms with Gasteiger partial charge >= 0.3 is 5.97 Å². The molecule has 0 heterocycles. The number of carbonyl (C=O) groups is 1. The zero-order valence-corrected chi connectivity index (χ0v) is 10.6. The number of carbonyl (C=O) groups excluding carboxylic acids is 1. The van der Waals surface area contributed by atoms with E-state index in [1.54, 1.807) is 0 Å². The van der Waals surface area contributed by atoms with E-state index in [0.717, 1.165) is 19.3 Å². The molecule has 2 saturated carbocycles. The van der Waals surface area contributed by atoms with Gasteiger partial charge in [-0.3, -0.25) is 10.1 Å². The zero-order chi connectivity index (χ0) is 11.8. The van der Waals surface area contributed by atoms with Crippen LogP contribution in [0.15, 0.2) is 0 Å². The SMILES string of the molecule is CCOC(=O)C1(NC2CC2)CCCC1(C)C. The van der Waals surface area contributed by atoms with Crippen LogP contribution >= 0.6 is 0 Å². The zero-order valence-electron chi connectivity index (χ0n) is 10.6. The molecule has 0 aromatic carbocycles. The molecular weight excluding hydrogens is 202 g/mol. The summed E-state index contributed by atoms with van der Waals surface area (Å²) in [7, 11) is 0. The Morgan fingerprint density at radius 1 is 1.38 bits per heavy atom. The van der Waals surface area contributed by atoms with E-state index in [9.17, 15) is 4.79 Å². The molecule has 1 atom stereocenters. The quantitative estimate of drug-likeness (QED) is 0.746. The first-order valence-electron chi connectivity index (χ1n) is 6.47. The molecule has 1 unspecified atom stereocenters. The van der Waals surface area contributed by atoms with Gasteiger partial charge in [-0.1, -0.05) is 20.3 Å². The van der Waals surface area contributed by atoms with E-state index < -0.39 is 5.54 Å². The van der Waals surface area contributed by atoms with Crippen molar-refractivity contribution in [3.63, 3.8) is 0 Å². The second-order valence-electron chi connectivity index (χ2n) is 5.78. The predicted molar refractivity (Wildman–Crippen MR) is 63.2 cm³/mol. The highest BCUT2D eigenvalue weighted by molar-refractivity contribution is 5.82. The maximum Gasteiger partial charge on any atom is 0.326 e. The third kappa shape index (κ3) is 1.86. The molecule has 0 aromatic rings. The fraction of sp³-hybridized carbons (Fsp3) is 0.923. The van der Waals surface area contributed by atoms with Gasteiger partial charge in [0.1, 0.15) is 5.54 Å². The van der Waals surface area contributed by atoms with Crippen molar-refractivity contribution in [1.82, 2.24) is 5.32 Å². The number of ether oxygens (including phenoxy) is 1. The van der Waals surface area contributed by atoms with Crippen LogP contribution < -0.4 is 5.32 Å². The van der Waals surface area contributed by atoms with Gasteiger partial charge in [-0.2, -0.15) is 0 Å². The molecule has 0 bridgehead atoms. The fourth-order valence-electron chi connectivity index (χ4n) is 2.88. The van der Waals surface area contributed by atoms with Gasteiger partial charge < -0.3 is 4.74 Å². The molecule has 1 N–H and O–H groups in total. The monoisotopic (exact) mass is 225 g/mol. The van der Waals surface area contributed by atoms with Gasteiger partial charge in [0.25, 0.3) is 0 Å². The molecule has 0 amide bonds. The van der Waals surface area contributed by atoms with Crippen LogP contribution in [0.3, 0.4) is 0 Å². The number of esters is 1. The van der Waals surface area contributed by atoms with E-state index in [1.165, 1.54) is 12.8 Å². The lowest BCUT2D eigenvalue weighted by molar-refractivity contribution is -0.155. The molecule has 0 aliphatic heterocycles. The third-order valence-electron chi connectivity index (χ3n) is 4.16. The van der Waals surface area contributed by atoms with Crippen molar-refractivity contribution in [1.29, 1.82) is 0 Å². The van der Waals surface area contributed by atoms with Gasteiger partial charge in [0.05, 0.1) is 6.61 Å². The molecule has 2 aliphatic carbocycles. The first kappa shape index (κ1) is 11.9. The summed E-state index contributed by atoms with van der Waals surface area (Å²) < 4.78 is 5.29. The van der Waals surface area contributed by atoms with E-state index in [1.807, 2.05) is 6.92 Å². The van der Waals surface area contributed by atoms with Crippen LogP contribution in [-0.2, 0) is 9.53 Å². The van der Waals surface area contributed by atoms with Crippen LogP contribution in [0.2, 0.25) is 0 Å². The molecule has 0 saturated heterocycles. The Balaban J connectivity index is 2.20. The van der Waals surface area contributed by atoms with Crippen molar-refractivity contribution in [2.45, 2.75) is 64.5 Å². The minimum absolute atomic E-state index is 0.0157. The molecule has 0 aromatic heterocycles. The van der Waals surface area contributed by atoms with Gasteiger partial charge in [0.2, 0.25) is 0 Å². The summed E-state index contributed by atoms with van der Waals surface area (Å²) in [5.41, 5.74) is -0.411. The lowest BCUT2D eigenvalue weighted by atomic mass is 9.74. The first-order chi connectivity index (χ1) is 7.52. The minimum atomic E-state index is -0.426. The minimum Gasteiger partial charge on any atom is -0.465 e. The number of hydrogen-bond donors (Lipinski definition) is 1. The first-order valence-corrected chi connectivity index (χ1v) is 6.47. The van der Waals surface area contributed by atoms with E-state index in [-0.39, 0.29) is 11.4 Å². The van der Waals surface area contributed by atoms with Crippen molar-refractivity contribution in [3.05, 3.63) is 0 Å². The van der Waals surface area contributed by atoms with E-state index in [0.29, 0.717) is 12.6 Å². The van der Waals surface area contributed by atoms with Gasteiger partial charge in [-0.15, -0.1) is 0 Å². The smallest absolute Gasteiger partial charge is 0.326 e. The lowest BCUT2D eigenvalue weighted by Crippen LogP contribution is -2.60. The Hall–Kier alpha value is -0.570. The Kier molecular flexibility index (Phi) is 2.99. The molecular formula is C13H23NO2. The summed E-state index contributed by atoms with van der Waals surface area (Å²) in [5.74, 6) is -0.0376. The molecule has 3 nitrogen and oxygen atoms in total. The van der Waals surface area contributed by atoms with Crippen molar-refractivity contribution < 1.29 is 9.53 Å². The summed E-state index contributed by atoms with van der Waals surface area (Å²) in [5, 5.41) is 3.57. The highest BCUT2D eigenvalue weighted by atomic mass is 16.5. The Bertz CT molecular complexity index is 284. The second kappa shape index (κ2) is 4.02. The molecule has 0 spiro atoms. The Morgan fingerprint density at radius 2 is 2.06 bits per heavy atom. The van der Waals surface area contributed by atoms with Gasteiger partial charge in [-0.25, -0.2) is 0 Å². The van der Waals surface area contributed by atoms with Crippen molar-refractivity contribution in [2.24, 2.45) is 5.41 Å². The highest BCUT2D eigenvalue weighted by Gasteiger charge is 2.56. The lowest BCUT2D eigenvalue weighted by Gasteiger charge is -2.40. The average Bonchev–Trinajstić information content (AvgIpc) is 2.94. The van der Waals surface area contributed by atoms with Crippen LogP contribution in [0.5, 0.6) is 0 Å². The average molecular weight is 225 g/mol. The molecule has 0 radical (unpaired) electrons. The molecule has 2 aliphatic rings. The van der Waals surface area contributed by atoms with Crippen molar-refractivity contribution in [2.75, 3.05) is 6.61 Å². The molecule has 2 fully saturated rings. The van der Waals surface area contributed by atoms with Crippen LogP contribution in [-0.4, -0.2) is 24.2 Å². The van der Waals surface area contributed by atoms with Gasteiger partial charge in [-0.05, 0) is 38.0 Å². The summed E-state index contributed by atoms with van der Waals surface area (Å²) >= 11 is 0. The van der Waals surface area contributed by atoms with E-state index in [4.69, 9.17) is 4.74 Å². The molecule has 3 heteroatoms. The second-order valence-corrected chi connectivity index (χ2v) is 5.78. The van der Waals surface area contributed by atoms with Gasteiger partial charge in [0.15, 0.2) is 0 Å². The summed E-state index contributed by atoms with van der Waals surface area (Å²) in [6, 6.07) is 0.543. The van der Waals surface area contributed by atoms with E-state index >= 15 is 0 Å². The Labute approximate surface area is 97.9 Å². The molecule has 2 rings (SSSR count). The topological polar surface area (TPSA) is 38.3 Å². The van der Waals surface area contributed by atoms with E-state index in [2.05, 4.69) is 19.2 Å². The van der Waals surface area contributed by atoms with Crippen molar-refractivity contribution in [3.8, 4) is 0 Å². The maximum atomic E-state index is 12.3. The standard InChI is InChI=1S/C13H23NO2/c1-4-16-11(15)13(14-10-6-7-10)9-5-8-12(13,2)3/h10,14H,4-9H2,1-3H3.